The van der Waals surface area contributed by atoms with Gasteiger partial charge in [0.25, 0.3) is 0 Å². The summed E-state index contributed by atoms with van der Waals surface area (Å²) >= 11 is 8.84. The van der Waals surface area contributed by atoms with Crippen LogP contribution in [0.4, 0.5) is 4.39 Å². The molecule has 6 nitrogen and oxygen atoms in total. The summed E-state index contributed by atoms with van der Waals surface area (Å²) < 4.78 is 15.7. The Balaban J connectivity index is 1.47. The topological polar surface area (TPSA) is 63.9 Å². The molecule has 1 saturated heterocycles. The molecule has 1 fully saturated rings. The Labute approximate surface area is 174 Å². The number of aromatic nitrogens is 4. The minimum Gasteiger partial charge on any atom is -0.325 e. The Bertz CT molecular complexity index is 1000. The van der Waals surface area contributed by atoms with Gasteiger partial charge in [-0.1, -0.05) is 47.6 Å². The van der Waals surface area contributed by atoms with E-state index < -0.39 is 0 Å². The number of benzene rings is 2. The predicted octanol–water partition coefficient (Wildman–Crippen LogP) is 3.82. The summed E-state index contributed by atoms with van der Waals surface area (Å²) in [4.78, 5) is 14.5. The van der Waals surface area contributed by atoms with Gasteiger partial charge in [0.05, 0.1) is 11.4 Å². The van der Waals surface area contributed by atoms with Crippen molar-refractivity contribution >= 4 is 41.0 Å². The van der Waals surface area contributed by atoms with Crippen LogP contribution < -0.4 is 0 Å². The van der Waals surface area contributed by atoms with E-state index in [0.717, 1.165) is 5.75 Å². The minimum atomic E-state index is -0.307. The van der Waals surface area contributed by atoms with Gasteiger partial charge in [0.2, 0.25) is 11.1 Å². The molecule has 1 atom stereocenters. The highest BCUT2D eigenvalue weighted by molar-refractivity contribution is 8.00. The van der Waals surface area contributed by atoms with Crippen molar-refractivity contribution in [3.05, 3.63) is 64.9 Å². The van der Waals surface area contributed by atoms with Gasteiger partial charge in [-0.3, -0.25) is 4.79 Å². The Kier molecular flexibility index (Phi) is 5.84. The van der Waals surface area contributed by atoms with E-state index in [9.17, 15) is 9.18 Å². The molecule has 10 heteroatoms. The Hall–Kier alpha value is -2.10. The lowest BCUT2D eigenvalue weighted by Crippen LogP contribution is -2.32. The van der Waals surface area contributed by atoms with Crippen molar-refractivity contribution in [2.45, 2.75) is 10.5 Å². The lowest BCUT2D eigenvalue weighted by molar-refractivity contribution is -0.128. The van der Waals surface area contributed by atoms with Crippen LogP contribution in [0.25, 0.3) is 5.69 Å². The summed E-state index contributed by atoms with van der Waals surface area (Å²) in [5, 5.41) is 12.4. The molecule has 1 aliphatic heterocycles. The smallest absolute Gasteiger partial charge is 0.234 e. The van der Waals surface area contributed by atoms with Gasteiger partial charge in [-0.25, -0.2) is 4.39 Å². The zero-order valence-corrected chi connectivity index (χ0v) is 16.9. The van der Waals surface area contributed by atoms with Gasteiger partial charge in [-0.05, 0) is 34.7 Å². The molecule has 1 aromatic heterocycles. The highest BCUT2D eigenvalue weighted by atomic mass is 35.5. The monoisotopic (exact) mass is 435 g/mol. The van der Waals surface area contributed by atoms with Gasteiger partial charge in [0, 0.05) is 22.9 Å². The van der Waals surface area contributed by atoms with Crippen molar-refractivity contribution in [1.29, 1.82) is 0 Å². The largest absolute Gasteiger partial charge is 0.325 e. The molecule has 0 N–H and O–H groups in total. The van der Waals surface area contributed by atoms with Crippen molar-refractivity contribution in [2.24, 2.45) is 0 Å². The summed E-state index contributed by atoms with van der Waals surface area (Å²) in [7, 11) is 0. The molecule has 1 aliphatic rings. The van der Waals surface area contributed by atoms with Gasteiger partial charge in [-0.15, -0.1) is 16.9 Å². The molecule has 2 aromatic carbocycles. The van der Waals surface area contributed by atoms with E-state index in [0.29, 0.717) is 28.0 Å². The fraction of sp³-hybridized carbons (Fsp3) is 0.222. The van der Waals surface area contributed by atoms with E-state index in [-0.39, 0.29) is 22.9 Å². The SMILES string of the molecule is O=C(CSc1nnnn1-c1cccc(Cl)c1)N1CCS[C@H]1c1ccccc1F. The van der Waals surface area contributed by atoms with Crippen LogP contribution in [0, 0.1) is 5.82 Å². The average Bonchev–Trinajstić information content (AvgIpc) is 3.36. The second-order valence-corrected chi connectivity index (χ2v) is 8.54. The lowest BCUT2D eigenvalue weighted by Gasteiger charge is -2.24. The molecular formula is C18H15ClFN5OS2. The Morgan fingerprint density at radius 1 is 1.29 bits per heavy atom. The lowest BCUT2D eigenvalue weighted by atomic mass is 10.2. The first-order valence-electron chi connectivity index (χ1n) is 8.46. The van der Waals surface area contributed by atoms with Crippen LogP contribution in [0.3, 0.4) is 0 Å². The van der Waals surface area contributed by atoms with E-state index >= 15 is 0 Å². The Morgan fingerprint density at radius 2 is 2.14 bits per heavy atom. The quantitative estimate of drug-likeness (QED) is 0.568. The van der Waals surface area contributed by atoms with Crippen molar-refractivity contribution in [3.63, 3.8) is 0 Å². The molecule has 0 radical (unpaired) electrons. The van der Waals surface area contributed by atoms with Crippen LogP contribution in [0.2, 0.25) is 5.02 Å². The van der Waals surface area contributed by atoms with Crippen molar-refractivity contribution < 1.29 is 9.18 Å². The van der Waals surface area contributed by atoms with Crippen molar-refractivity contribution in [1.82, 2.24) is 25.1 Å². The third-order valence-corrected chi connectivity index (χ3v) is 6.58. The van der Waals surface area contributed by atoms with Gasteiger partial charge < -0.3 is 4.90 Å². The molecule has 0 saturated carbocycles. The molecule has 3 aromatic rings. The molecule has 1 amide bonds. The molecule has 28 heavy (non-hydrogen) atoms. The van der Waals surface area contributed by atoms with Crippen molar-refractivity contribution in [3.8, 4) is 5.69 Å². The predicted molar refractivity (Wildman–Crippen MR) is 108 cm³/mol. The fourth-order valence-electron chi connectivity index (χ4n) is 2.91. The molecule has 4 rings (SSSR count). The van der Waals surface area contributed by atoms with E-state index in [1.54, 1.807) is 53.1 Å². The minimum absolute atomic E-state index is 0.0797. The van der Waals surface area contributed by atoms with Gasteiger partial charge >= 0.3 is 0 Å². The third-order valence-electron chi connectivity index (χ3n) is 4.20. The number of carbonyl (C=O) groups excluding carboxylic acids is 1. The van der Waals surface area contributed by atoms with Crippen LogP contribution in [0.5, 0.6) is 0 Å². The van der Waals surface area contributed by atoms with Gasteiger partial charge in [-0.2, -0.15) is 4.68 Å². The summed E-state index contributed by atoms with van der Waals surface area (Å²) in [6.07, 6.45) is 0. The zero-order valence-electron chi connectivity index (χ0n) is 14.5. The number of thioether (sulfide) groups is 2. The number of halogens is 2. The number of amides is 1. The van der Waals surface area contributed by atoms with E-state index in [1.165, 1.54) is 22.5 Å². The molecule has 0 aliphatic carbocycles. The van der Waals surface area contributed by atoms with Gasteiger partial charge in [0.15, 0.2) is 0 Å². The standard InChI is InChI=1S/C18H15ClFN5OS2/c19-12-4-3-5-13(10-12)25-18(21-22-23-25)28-11-16(26)24-8-9-27-17(24)14-6-1-2-7-15(14)20/h1-7,10,17H,8-9,11H2/t17-/m0/s1. The van der Waals surface area contributed by atoms with Crippen molar-refractivity contribution in [2.75, 3.05) is 18.1 Å². The maximum absolute atomic E-state index is 14.2. The molecule has 0 bridgehead atoms. The number of hydrogen-bond donors (Lipinski definition) is 0. The Morgan fingerprint density at radius 3 is 2.96 bits per heavy atom. The zero-order chi connectivity index (χ0) is 19.5. The second-order valence-electron chi connectivity index (χ2n) is 5.97. The molecule has 144 valence electrons. The molecular weight excluding hydrogens is 421 g/mol. The first kappa shape index (κ1) is 19.2. The molecule has 2 heterocycles. The maximum atomic E-state index is 14.2. The molecule has 0 unspecified atom stereocenters. The average molecular weight is 436 g/mol. The maximum Gasteiger partial charge on any atom is 0.234 e. The highest BCUT2D eigenvalue weighted by Gasteiger charge is 2.32. The fourth-order valence-corrected chi connectivity index (χ4v) is 5.17. The normalized spacial score (nSPS) is 16.5. The van der Waals surface area contributed by atoms with E-state index in [1.807, 2.05) is 6.07 Å². The van der Waals surface area contributed by atoms with Crippen LogP contribution in [0.1, 0.15) is 10.9 Å². The number of nitrogens with zero attached hydrogens (tertiary/aromatic N) is 5. The van der Waals surface area contributed by atoms with Crippen LogP contribution >= 0.6 is 35.1 Å². The molecule has 0 spiro atoms. The van der Waals surface area contributed by atoms with Crippen LogP contribution in [-0.4, -0.2) is 49.1 Å². The number of carbonyl (C=O) groups is 1. The second kappa shape index (κ2) is 8.50. The van der Waals surface area contributed by atoms with Crippen LogP contribution in [0.15, 0.2) is 53.7 Å². The van der Waals surface area contributed by atoms with Gasteiger partial charge in [0.1, 0.15) is 11.2 Å². The van der Waals surface area contributed by atoms with E-state index in [2.05, 4.69) is 15.5 Å². The number of rotatable bonds is 5. The summed E-state index contributed by atoms with van der Waals surface area (Å²) in [6.45, 7) is 0.586. The number of tetrazole rings is 1. The highest BCUT2D eigenvalue weighted by Crippen LogP contribution is 2.39. The summed E-state index contributed by atoms with van der Waals surface area (Å²) in [5.74, 6) is 0.559. The number of hydrogen-bond acceptors (Lipinski definition) is 6. The summed E-state index contributed by atoms with van der Waals surface area (Å²) in [5.41, 5.74) is 1.25. The first-order valence-corrected chi connectivity index (χ1v) is 10.9. The third kappa shape index (κ3) is 4.01. The first-order chi connectivity index (χ1) is 13.6. The summed E-state index contributed by atoms with van der Waals surface area (Å²) in [6, 6.07) is 13.7. The van der Waals surface area contributed by atoms with Crippen LogP contribution in [-0.2, 0) is 4.79 Å². The van der Waals surface area contributed by atoms with E-state index in [4.69, 9.17) is 11.6 Å².